The molecule has 2 aromatic carbocycles. The molecule has 0 fully saturated rings. The van der Waals surface area contributed by atoms with Crippen LogP contribution in [0.3, 0.4) is 0 Å². The van der Waals surface area contributed by atoms with E-state index < -0.39 is 12.2 Å². The van der Waals surface area contributed by atoms with Crippen LogP contribution in [-0.2, 0) is 0 Å². The second-order valence-corrected chi connectivity index (χ2v) is 5.38. The molecule has 0 heterocycles. The van der Waals surface area contributed by atoms with Gasteiger partial charge in [-0.3, -0.25) is 0 Å². The Bertz CT molecular complexity index is 647. The first-order chi connectivity index (χ1) is 9.66. The number of aliphatic hydroxyl groups excluding tert-OH is 1. The van der Waals surface area contributed by atoms with E-state index in [1.807, 2.05) is 36.4 Å². The zero-order valence-corrected chi connectivity index (χ0v) is 12.0. The number of ether oxygens (including phenoxy) is 1. The van der Waals surface area contributed by atoms with Crippen LogP contribution in [0.2, 0.25) is 10.0 Å². The largest absolute Gasteiger partial charge is 0.480 e. The van der Waals surface area contributed by atoms with E-state index in [9.17, 15) is 5.11 Å². The average molecular weight is 307 g/mol. The van der Waals surface area contributed by atoms with Gasteiger partial charge in [-0.25, -0.2) is 0 Å². The zero-order valence-electron chi connectivity index (χ0n) is 10.5. The van der Waals surface area contributed by atoms with Gasteiger partial charge in [0.2, 0.25) is 0 Å². The summed E-state index contributed by atoms with van der Waals surface area (Å²) in [5, 5.41) is 11.3. The van der Waals surface area contributed by atoms with Gasteiger partial charge in [0.25, 0.3) is 0 Å². The Hall–Kier alpha value is -1.48. The molecule has 0 saturated carbocycles. The molecule has 0 saturated heterocycles. The highest BCUT2D eigenvalue weighted by Gasteiger charge is 2.26. The quantitative estimate of drug-likeness (QED) is 0.885. The topological polar surface area (TPSA) is 29.5 Å². The van der Waals surface area contributed by atoms with Crippen molar-refractivity contribution in [3.05, 3.63) is 69.7 Å². The van der Waals surface area contributed by atoms with E-state index in [0.717, 1.165) is 11.1 Å². The summed E-state index contributed by atoms with van der Waals surface area (Å²) in [4.78, 5) is 0. The van der Waals surface area contributed by atoms with Crippen molar-refractivity contribution in [2.24, 2.45) is 0 Å². The molecule has 2 aromatic rings. The minimum absolute atomic E-state index is 0.393. The summed E-state index contributed by atoms with van der Waals surface area (Å²) < 4.78 is 5.79. The highest BCUT2D eigenvalue weighted by atomic mass is 35.5. The molecule has 1 aliphatic rings. The summed E-state index contributed by atoms with van der Waals surface area (Å²) in [6.45, 7) is 0. The van der Waals surface area contributed by atoms with Gasteiger partial charge >= 0.3 is 0 Å². The summed E-state index contributed by atoms with van der Waals surface area (Å²) in [6.07, 6.45) is 2.48. The Morgan fingerprint density at radius 3 is 2.40 bits per heavy atom. The van der Waals surface area contributed by atoms with Gasteiger partial charge in [0.05, 0.1) is 10.0 Å². The normalized spacial score (nSPS) is 20.6. The van der Waals surface area contributed by atoms with Crippen LogP contribution in [-0.4, -0.2) is 11.2 Å². The fraction of sp³-hybridized carbons (Fsp3) is 0.125. The maximum absolute atomic E-state index is 10.4. The molecule has 0 aliphatic heterocycles. The van der Waals surface area contributed by atoms with Crippen LogP contribution in [0.4, 0.5) is 0 Å². The van der Waals surface area contributed by atoms with Crippen LogP contribution < -0.4 is 4.74 Å². The third-order valence-corrected chi connectivity index (χ3v) is 3.86. The zero-order chi connectivity index (χ0) is 14.1. The molecule has 3 rings (SSSR count). The molecule has 20 heavy (non-hydrogen) atoms. The number of aliphatic hydroxyl groups is 1. The standard InChI is InChI=1S/C16H12Cl2O2/c17-12-6-3-7-13(18)16(12)20-14-9-8-10-4-1-2-5-11(10)15(14)19/h1-9,14-15,19H/t14-,15-/m0/s1. The van der Waals surface area contributed by atoms with Gasteiger partial charge in [-0.1, -0.05) is 59.6 Å². The predicted molar refractivity (Wildman–Crippen MR) is 81.3 cm³/mol. The molecule has 4 heteroatoms. The molecule has 0 unspecified atom stereocenters. The Morgan fingerprint density at radius 2 is 1.65 bits per heavy atom. The van der Waals surface area contributed by atoms with E-state index in [2.05, 4.69) is 0 Å². The van der Waals surface area contributed by atoms with Gasteiger partial charge in [-0.15, -0.1) is 0 Å². The van der Waals surface area contributed by atoms with Gasteiger partial charge < -0.3 is 9.84 Å². The van der Waals surface area contributed by atoms with Gasteiger partial charge in [0.1, 0.15) is 12.2 Å². The number of halogens is 2. The highest BCUT2D eigenvalue weighted by Crippen LogP contribution is 2.37. The molecule has 0 radical (unpaired) electrons. The monoisotopic (exact) mass is 306 g/mol. The van der Waals surface area contributed by atoms with Crippen LogP contribution in [0.25, 0.3) is 6.08 Å². The Kier molecular flexibility index (Phi) is 3.70. The lowest BCUT2D eigenvalue weighted by atomic mass is 9.93. The lowest BCUT2D eigenvalue weighted by Gasteiger charge is -2.27. The first kappa shape index (κ1) is 13.5. The molecule has 102 valence electrons. The number of rotatable bonds is 2. The number of para-hydroxylation sites is 1. The Labute approximate surface area is 127 Å². The highest BCUT2D eigenvalue weighted by molar-refractivity contribution is 6.37. The minimum Gasteiger partial charge on any atom is -0.480 e. The maximum atomic E-state index is 10.4. The van der Waals surface area contributed by atoms with Gasteiger partial charge in [-0.2, -0.15) is 0 Å². The van der Waals surface area contributed by atoms with Crippen LogP contribution in [0.5, 0.6) is 5.75 Å². The molecular formula is C16H12Cl2O2. The average Bonchev–Trinajstić information content (AvgIpc) is 2.45. The van der Waals surface area contributed by atoms with Gasteiger partial charge in [0, 0.05) is 0 Å². The van der Waals surface area contributed by atoms with Gasteiger partial charge in [-0.05, 0) is 29.3 Å². The smallest absolute Gasteiger partial charge is 0.157 e. The van der Waals surface area contributed by atoms with Gasteiger partial charge in [0.15, 0.2) is 5.75 Å². The van der Waals surface area contributed by atoms with Crippen molar-refractivity contribution in [1.29, 1.82) is 0 Å². The molecule has 1 aliphatic carbocycles. The van der Waals surface area contributed by atoms with Crippen molar-refractivity contribution in [3.63, 3.8) is 0 Å². The van der Waals surface area contributed by atoms with E-state index >= 15 is 0 Å². The fourth-order valence-corrected chi connectivity index (χ4v) is 2.73. The summed E-state index contributed by atoms with van der Waals surface area (Å²) in [6, 6.07) is 12.8. The van der Waals surface area contributed by atoms with Crippen molar-refractivity contribution in [2.75, 3.05) is 0 Å². The predicted octanol–water partition coefficient (Wildman–Crippen LogP) is 4.50. The third-order valence-electron chi connectivity index (χ3n) is 3.26. The van der Waals surface area contributed by atoms with E-state index in [4.69, 9.17) is 27.9 Å². The van der Waals surface area contributed by atoms with Crippen molar-refractivity contribution < 1.29 is 9.84 Å². The number of fused-ring (bicyclic) bond motifs is 1. The fourth-order valence-electron chi connectivity index (χ4n) is 2.25. The lowest BCUT2D eigenvalue weighted by molar-refractivity contribution is 0.0624. The summed E-state index contributed by atoms with van der Waals surface area (Å²) in [5.74, 6) is 0.393. The van der Waals surface area contributed by atoms with E-state index in [0.29, 0.717) is 15.8 Å². The van der Waals surface area contributed by atoms with Crippen LogP contribution in [0.1, 0.15) is 17.2 Å². The molecule has 0 spiro atoms. The van der Waals surface area contributed by atoms with E-state index in [1.54, 1.807) is 18.2 Å². The summed E-state index contributed by atoms with van der Waals surface area (Å²) in [5.41, 5.74) is 1.83. The van der Waals surface area contributed by atoms with E-state index in [-0.39, 0.29) is 0 Å². The van der Waals surface area contributed by atoms with Crippen LogP contribution >= 0.6 is 23.2 Å². The van der Waals surface area contributed by atoms with Crippen molar-refractivity contribution >= 4 is 29.3 Å². The number of hydrogen-bond donors (Lipinski definition) is 1. The first-order valence-electron chi connectivity index (χ1n) is 6.22. The second-order valence-electron chi connectivity index (χ2n) is 4.57. The minimum atomic E-state index is -0.747. The SMILES string of the molecule is O[C@H]1c2ccccc2C=C[C@@H]1Oc1c(Cl)cccc1Cl. The molecule has 2 atom stereocenters. The van der Waals surface area contributed by atoms with Crippen molar-refractivity contribution in [2.45, 2.75) is 12.2 Å². The molecule has 0 amide bonds. The Morgan fingerprint density at radius 1 is 0.950 bits per heavy atom. The number of benzene rings is 2. The molecular weight excluding hydrogens is 295 g/mol. The Balaban J connectivity index is 1.91. The molecule has 0 aromatic heterocycles. The first-order valence-corrected chi connectivity index (χ1v) is 6.98. The van der Waals surface area contributed by atoms with Crippen molar-refractivity contribution in [3.8, 4) is 5.75 Å². The third kappa shape index (κ3) is 2.42. The maximum Gasteiger partial charge on any atom is 0.157 e. The van der Waals surface area contributed by atoms with E-state index in [1.165, 1.54) is 0 Å². The van der Waals surface area contributed by atoms with Crippen LogP contribution in [0.15, 0.2) is 48.5 Å². The molecule has 2 nitrogen and oxygen atoms in total. The molecule has 1 N–H and O–H groups in total. The summed E-state index contributed by atoms with van der Waals surface area (Å²) >= 11 is 12.2. The summed E-state index contributed by atoms with van der Waals surface area (Å²) in [7, 11) is 0. The molecule has 0 bridgehead atoms. The number of hydrogen-bond acceptors (Lipinski definition) is 2. The second kappa shape index (κ2) is 5.49. The van der Waals surface area contributed by atoms with Crippen molar-refractivity contribution in [1.82, 2.24) is 0 Å². The van der Waals surface area contributed by atoms with Crippen LogP contribution in [0, 0.1) is 0 Å². The lowest BCUT2D eigenvalue weighted by Crippen LogP contribution is -2.26.